The van der Waals surface area contributed by atoms with Crippen molar-refractivity contribution in [2.75, 3.05) is 0 Å². The van der Waals surface area contributed by atoms with Crippen LogP contribution in [0.25, 0.3) is 0 Å². The molecule has 1 atom stereocenters. The fourth-order valence-electron chi connectivity index (χ4n) is 2.26. The Balaban J connectivity index is 3.63. The minimum atomic E-state index is -2.35. The normalized spacial score (nSPS) is 13.9. The van der Waals surface area contributed by atoms with Gasteiger partial charge in [0.15, 0.2) is 0 Å². The van der Waals surface area contributed by atoms with Crippen LogP contribution in [0.5, 0.6) is 0 Å². The molecular weight excluding hydrogens is 422 g/mol. The van der Waals surface area contributed by atoms with Crippen molar-refractivity contribution in [1.82, 2.24) is 10.4 Å². The van der Waals surface area contributed by atoms with E-state index >= 15 is 0 Å². The van der Waals surface area contributed by atoms with E-state index in [2.05, 4.69) is 5.43 Å². The highest BCUT2D eigenvalue weighted by molar-refractivity contribution is 7.10. The van der Waals surface area contributed by atoms with Crippen molar-refractivity contribution in [2.24, 2.45) is 0 Å². The third-order valence-corrected chi connectivity index (χ3v) is 4.23. The highest BCUT2D eigenvalue weighted by atomic mass is 32.1. The van der Waals surface area contributed by atoms with Crippen molar-refractivity contribution < 1.29 is 28.6 Å². The van der Waals surface area contributed by atoms with Gasteiger partial charge in [0.25, 0.3) is 5.54 Å². The van der Waals surface area contributed by atoms with E-state index in [-0.39, 0.29) is 4.88 Å². The Morgan fingerprint density at radius 2 is 1.45 bits per heavy atom. The van der Waals surface area contributed by atoms with E-state index in [1.54, 1.807) is 73.8 Å². The third-order valence-electron chi connectivity index (χ3n) is 3.25. The van der Waals surface area contributed by atoms with E-state index in [9.17, 15) is 19.6 Å². The van der Waals surface area contributed by atoms with Crippen molar-refractivity contribution in [2.45, 2.75) is 84.7 Å². The molecule has 31 heavy (non-hydrogen) atoms. The number of hydrazine groups is 1. The Morgan fingerprint density at radius 3 is 1.84 bits per heavy atom. The largest absolute Gasteiger partial charge is 0.457 e. The number of esters is 1. The van der Waals surface area contributed by atoms with Gasteiger partial charge in [-0.15, -0.1) is 11.3 Å². The molecule has 172 valence electrons. The van der Waals surface area contributed by atoms with E-state index in [0.29, 0.717) is 5.01 Å². The first-order valence-corrected chi connectivity index (χ1v) is 10.5. The average Bonchev–Trinajstić information content (AvgIpc) is 3.04. The molecule has 0 bridgehead atoms. The lowest BCUT2D eigenvalue weighted by molar-refractivity contribution is -0.168. The van der Waals surface area contributed by atoms with Crippen LogP contribution in [0, 0.1) is 11.3 Å². The third kappa shape index (κ3) is 7.43. The molecule has 1 aromatic rings. The summed E-state index contributed by atoms with van der Waals surface area (Å²) < 4.78 is 16.1. The molecular formula is C21H31N3O6S. The Kier molecular flexibility index (Phi) is 7.73. The van der Waals surface area contributed by atoms with Crippen LogP contribution in [0.3, 0.4) is 0 Å². The van der Waals surface area contributed by atoms with Gasteiger partial charge in [0.1, 0.15) is 22.9 Å². The number of thiophene rings is 1. The Bertz CT molecular complexity index is 840. The van der Waals surface area contributed by atoms with Crippen molar-refractivity contribution in [3.63, 3.8) is 0 Å². The summed E-state index contributed by atoms with van der Waals surface area (Å²) >= 11 is 1.05. The molecule has 0 saturated heterocycles. The Hall–Kier alpha value is -2.80. The van der Waals surface area contributed by atoms with Gasteiger partial charge in [0.2, 0.25) is 0 Å². The van der Waals surface area contributed by atoms with Gasteiger partial charge in [0.05, 0.1) is 4.88 Å². The first-order valence-electron chi connectivity index (χ1n) is 9.63. The summed E-state index contributed by atoms with van der Waals surface area (Å²) in [5.41, 5.74) is -2.96. The summed E-state index contributed by atoms with van der Waals surface area (Å²) in [6.07, 6.45) is -2.17. The van der Waals surface area contributed by atoms with E-state index < -0.39 is 40.5 Å². The molecule has 10 heteroatoms. The number of rotatable bonds is 3. The summed E-state index contributed by atoms with van der Waals surface area (Å²) in [4.78, 5) is 39.1. The zero-order valence-electron chi connectivity index (χ0n) is 19.5. The molecule has 1 rings (SSSR count). The van der Waals surface area contributed by atoms with Crippen LogP contribution in [0.15, 0.2) is 17.5 Å². The second kappa shape index (κ2) is 9.14. The lowest BCUT2D eigenvalue weighted by Gasteiger charge is -2.38. The van der Waals surface area contributed by atoms with E-state index in [4.69, 9.17) is 14.2 Å². The van der Waals surface area contributed by atoms with E-state index in [1.165, 1.54) is 6.07 Å². The second-order valence-electron chi connectivity index (χ2n) is 9.73. The number of nitriles is 1. The van der Waals surface area contributed by atoms with Gasteiger partial charge in [-0.2, -0.15) is 10.3 Å². The minimum Gasteiger partial charge on any atom is -0.457 e. The topological polar surface area (TPSA) is 118 Å². The van der Waals surface area contributed by atoms with E-state index in [1.807, 2.05) is 6.07 Å². The number of nitrogens with zero attached hydrogens (tertiary/aromatic N) is 2. The molecule has 1 heterocycles. The maximum absolute atomic E-state index is 13.3. The molecule has 0 saturated carbocycles. The van der Waals surface area contributed by atoms with Crippen LogP contribution in [0.4, 0.5) is 9.59 Å². The maximum atomic E-state index is 13.3. The molecule has 0 spiro atoms. The van der Waals surface area contributed by atoms with Crippen molar-refractivity contribution in [3.05, 3.63) is 22.4 Å². The van der Waals surface area contributed by atoms with Crippen LogP contribution in [0.2, 0.25) is 0 Å². The number of nitrogens with one attached hydrogen (secondary N) is 1. The zero-order valence-corrected chi connectivity index (χ0v) is 20.3. The fraction of sp³-hybridized carbons (Fsp3) is 0.619. The maximum Gasteiger partial charge on any atom is 0.431 e. The summed E-state index contributed by atoms with van der Waals surface area (Å²) in [6, 6.07) is 4.97. The quantitative estimate of drug-likeness (QED) is 0.407. The number of ether oxygens (including phenoxy) is 3. The minimum absolute atomic E-state index is 0.158. The number of amides is 2. The summed E-state index contributed by atoms with van der Waals surface area (Å²) in [5.74, 6) is -1.05. The molecule has 0 aliphatic heterocycles. The first kappa shape index (κ1) is 26.2. The van der Waals surface area contributed by atoms with Crippen LogP contribution in [-0.2, 0) is 24.5 Å². The Labute approximate surface area is 187 Å². The monoisotopic (exact) mass is 453 g/mol. The molecule has 1 N–H and O–H groups in total. The van der Waals surface area contributed by atoms with Gasteiger partial charge in [-0.05, 0) is 73.8 Å². The van der Waals surface area contributed by atoms with Crippen molar-refractivity contribution >= 4 is 29.5 Å². The Morgan fingerprint density at radius 1 is 0.935 bits per heavy atom. The standard InChI is InChI=1S/C21H31N3O6S/c1-18(2,3)28-15(25)21(13-22,14-11-10-12-31-14)24(17(27)30-20(7,8)9)23-16(26)29-19(4,5)6/h10-12H,1-9H3,(H,23,26). The summed E-state index contributed by atoms with van der Waals surface area (Å²) in [5, 5.41) is 12.4. The lowest BCUT2D eigenvalue weighted by atomic mass is 9.98. The smallest absolute Gasteiger partial charge is 0.431 e. The number of carbonyl (C=O) groups excluding carboxylic acids is 3. The average molecular weight is 454 g/mol. The van der Waals surface area contributed by atoms with Crippen molar-refractivity contribution in [1.29, 1.82) is 5.26 Å². The molecule has 2 amide bonds. The van der Waals surface area contributed by atoms with Gasteiger partial charge in [-0.3, -0.25) is 0 Å². The molecule has 0 aliphatic rings. The molecule has 1 unspecified atom stereocenters. The van der Waals surface area contributed by atoms with Crippen molar-refractivity contribution in [3.8, 4) is 6.07 Å². The molecule has 0 radical (unpaired) electrons. The first-order chi connectivity index (χ1) is 13.9. The highest BCUT2D eigenvalue weighted by Gasteiger charge is 2.55. The molecule has 0 aromatic carbocycles. The highest BCUT2D eigenvalue weighted by Crippen LogP contribution is 2.35. The molecule has 9 nitrogen and oxygen atoms in total. The predicted octanol–water partition coefficient (Wildman–Crippen LogP) is 4.49. The zero-order chi connectivity index (χ0) is 24.3. The molecule has 0 aliphatic carbocycles. The van der Waals surface area contributed by atoms with Gasteiger partial charge < -0.3 is 14.2 Å². The van der Waals surface area contributed by atoms with Crippen LogP contribution in [-0.4, -0.2) is 40.0 Å². The van der Waals surface area contributed by atoms with Gasteiger partial charge in [-0.1, -0.05) is 6.07 Å². The SMILES string of the molecule is CC(C)(C)OC(=O)NN(C(=O)OC(C)(C)C)C(C#N)(C(=O)OC(C)(C)C)c1cccs1. The summed E-state index contributed by atoms with van der Waals surface area (Å²) in [7, 11) is 0. The lowest BCUT2D eigenvalue weighted by Crippen LogP contribution is -2.63. The second-order valence-corrected chi connectivity index (χ2v) is 10.7. The van der Waals surface area contributed by atoms with Gasteiger partial charge in [0, 0.05) is 0 Å². The number of carbonyl (C=O) groups is 3. The van der Waals surface area contributed by atoms with Gasteiger partial charge in [-0.25, -0.2) is 19.8 Å². The van der Waals surface area contributed by atoms with Crippen LogP contribution in [0.1, 0.15) is 67.2 Å². The number of hydrogen-bond acceptors (Lipinski definition) is 8. The molecule has 0 fully saturated rings. The van der Waals surface area contributed by atoms with Crippen LogP contribution < -0.4 is 5.43 Å². The van der Waals surface area contributed by atoms with E-state index in [0.717, 1.165) is 11.3 Å². The fourth-order valence-corrected chi connectivity index (χ4v) is 3.11. The molecule has 1 aromatic heterocycles. The van der Waals surface area contributed by atoms with Crippen LogP contribution >= 0.6 is 11.3 Å². The number of hydrogen-bond donors (Lipinski definition) is 1. The van der Waals surface area contributed by atoms with Gasteiger partial charge >= 0.3 is 18.2 Å². The predicted molar refractivity (Wildman–Crippen MR) is 115 cm³/mol. The summed E-state index contributed by atoms with van der Waals surface area (Å²) in [6.45, 7) is 14.6.